The van der Waals surface area contributed by atoms with Gasteiger partial charge in [0.25, 0.3) is 0 Å². The van der Waals surface area contributed by atoms with Gasteiger partial charge in [-0.3, -0.25) is 4.79 Å². The largest absolute Gasteiger partial charge is 0.494 e. The Balaban J connectivity index is 2.16. The van der Waals surface area contributed by atoms with Crippen molar-refractivity contribution in [2.24, 2.45) is 0 Å². The average molecular weight is 254 g/mol. The van der Waals surface area contributed by atoms with E-state index in [1.807, 2.05) is 62.4 Å². The first-order valence-corrected chi connectivity index (χ1v) is 6.51. The van der Waals surface area contributed by atoms with E-state index in [-0.39, 0.29) is 5.78 Å². The number of hydrogen-bond donors (Lipinski definition) is 0. The summed E-state index contributed by atoms with van der Waals surface area (Å²) < 4.78 is 5.42. The summed E-state index contributed by atoms with van der Waals surface area (Å²) in [5.41, 5.74) is 2.93. The van der Waals surface area contributed by atoms with Gasteiger partial charge in [0.1, 0.15) is 5.75 Å². The molecule has 0 spiro atoms. The van der Waals surface area contributed by atoms with Crippen LogP contribution in [0.1, 0.15) is 28.4 Å². The Labute approximate surface area is 114 Å². The molecule has 0 heterocycles. The third-order valence-electron chi connectivity index (χ3n) is 3.08. The molecule has 0 saturated carbocycles. The molecular formula is C17H18O2. The Hall–Kier alpha value is -2.09. The smallest absolute Gasteiger partial charge is 0.167 e. The van der Waals surface area contributed by atoms with Crippen molar-refractivity contribution in [3.8, 4) is 5.75 Å². The minimum Gasteiger partial charge on any atom is -0.494 e. The van der Waals surface area contributed by atoms with E-state index in [9.17, 15) is 4.79 Å². The number of carbonyl (C=O) groups excluding carboxylic acids is 1. The summed E-state index contributed by atoms with van der Waals surface area (Å²) in [6.45, 7) is 4.57. The maximum Gasteiger partial charge on any atom is 0.167 e. The maximum atomic E-state index is 12.3. The molecule has 0 atom stereocenters. The molecule has 2 heteroatoms. The molecular weight excluding hydrogens is 236 g/mol. The molecule has 0 saturated heterocycles. The van der Waals surface area contributed by atoms with Crippen LogP contribution >= 0.6 is 0 Å². The quantitative estimate of drug-likeness (QED) is 0.758. The summed E-state index contributed by atoms with van der Waals surface area (Å²) >= 11 is 0. The topological polar surface area (TPSA) is 26.3 Å². The standard InChI is InChI=1S/C17H18O2/c1-3-19-16-10-6-9-15(11-16)17(18)12-14-8-5-4-7-13(14)2/h4-11H,3,12H2,1-2H3. The first-order valence-electron chi connectivity index (χ1n) is 6.51. The Bertz CT molecular complexity index is 573. The van der Waals surface area contributed by atoms with Gasteiger partial charge in [0.05, 0.1) is 6.61 Å². The zero-order valence-electron chi connectivity index (χ0n) is 11.3. The predicted octanol–water partition coefficient (Wildman–Crippen LogP) is 3.82. The summed E-state index contributed by atoms with van der Waals surface area (Å²) in [6, 6.07) is 15.3. The van der Waals surface area contributed by atoms with E-state index in [4.69, 9.17) is 4.74 Å². The van der Waals surface area contributed by atoms with Crippen molar-refractivity contribution < 1.29 is 9.53 Å². The number of ketones is 1. The van der Waals surface area contributed by atoms with E-state index in [0.29, 0.717) is 18.6 Å². The van der Waals surface area contributed by atoms with Crippen LogP contribution in [-0.2, 0) is 6.42 Å². The van der Waals surface area contributed by atoms with Crippen LogP contribution in [0.25, 0.3) is 0 Å². The first-order chi connectivity index (χ1) is 9.20. The van der Waals surface area contributed by atoms with Crippen molar-refractivity contribution in [1.82, 2.24) is 0 Å². The van der Waals surface area contributed by atoms with Crippen molar-refractivity contribution in [2.45, 2.75) is 20.3 Å². The number of Topliss-reactive ketones (excluding diaryl/α,β-unsaturated/α-hetero) is 1. The van der Waals surface area contributed by atoms with Crippen LogP contribution in [-0.4, -0.2) is 12.4 Å². The van der Waals surface area contributed by atoms with Crippen LogP contribution < -0.4 is 4.74 Å². The van der Waals surface area contributed by atoms with Crippen LogP contribution in [0.4, 0.5) is 0 Å². The summed E-state index contributed by atoms with van der Waals surface area (Å²) in [5.74, 6) is 0.869. The molecule has 0 aromatic heterocycles. The number of aryl methyl sites for hydroxylation is 1. The molecule has 0 bridgehead atoms. The highest BCUT2D eigenvalue weighted by molar-refractivity contribution is 5.98. The van der Waals surface area contributed by atoms with Gasteiger partial charge in [0, 0.05) is 12.0 Å². The van der Waals surface area contributed by atoms with Crippen molar-refractivity contribution >= 4 is 5.78 Å². The fraction of sp³-hybridized carbons (Fsp3) is 0.235. The van der Waals surface area contributed by atoms with E-state index >= 15 is 0 Å². The second-order valence-electron chi connectivity index (χ2n) is 4.49. The Morgan fingerprint density at radius 2 is 1.89 bits per heavy atom. The molecule has 98 valence electrons. The number of rotatable bonds is 5. The molecule has 2 aromatic carbocycles. The summed E-state index contributed by atoms with van der Waals surface area (Å²) in [4.78, 5) is 12.3. The minimum atomic E-state index is 0.121. The van der Waals surface area contributed by atoms with Crippen LogP contribution in [0, 0.1) is 6.92 Å². The monoisotopic (exact) mass is 254 g/mol. The second-order valence-corrected chi connectivity index (χ2v) is 4.49. The van der Waals surface area contributed by atoms with Crippen molar-refractivity contribution in [3.05, 3.63) is 65.2 Å². The van der Waals surface area contributed by atoms with Crippen LogP contribution in [0.2, 0.25) is 0 Å². The fourth-order valence-electron chi connectivity index (χ4n) is 2.01. The highest BCUT2D eigenvalue weighted by Crippen LogP contribution is 2.16. The van der Waals surface area contributed by atoms with Gasteiger partial charge in [-0.05, 0) is 37.1 Å². The third kappa shape index (κ3) is 3.44. The fourth-order valence-corrected chi connectivity index (χ4v) is 2.01. The lowest BCUT2D eigenvalue weighted by molar-refractivity contribution is 0.0992. The van der Waals surface area contributed by atoms with Crippen LogP contribution in [0.15, 0.2) is 48.5 Å². The van der Waals surface area contributed by atoms with Gasteiger partial charge in [-0.15, -0.1) is 0 Å². The van der Waals surface area contributed by atoms with Gasteiger partial charge in [-0.25, -0.2) is 0 Å². The SMILES string of the molecule is CCOc1cccc(C(=O)Cc2ccccc2C)c1. The molecule has 19 heavy (non-hydrogen) atoms. The van der Waals surface area contributed by atoms with Gasteiger partial charge in [-0.1, -0.05) is 36.4 Å². The zero-order valence-corrected chi connectivity index (χ0v) is 11.3. The number of carbonyl (C=O) groups is 1. The molecule has 0 radical (unpaired) electrons. The number of hydrogen-bond acceptors (Lipinski definition) is 2. The lowest BCUT2D eigenvalue weighted by Crippen LogP contribution is -2.05. The lowest BCUT2D eigenvalue weighted by atomic mass is 9.99. The van der Waals surface area contributed by atoms with Crippen LogP contribution in [0.5, 0.6) is 5.75 Å². The van der Waals surface area contributed by atoms with Crippen LogP contribution in [0.3, 0.4) is 0 Å². The molecule has 0 amide bonds. The molecule has 0 N–H and O–H groups in total. The summed E-state index contributed by atoms with van der Waals surface area (Å²) in [5, 5.41) is 0. The average Bonchev–Trinajstić information content (AvgIpc) is 2.42. The van der Waals surface area contributed by atoms with Gasteiger partial charge in [0.2, 0.25) is 0 Å². The summed E-state index contributed by atoms with van der Waals surface area (Å²) in [7, 11) is 0. The highest BCUT2D eigenvalue weighted by Gasteiger charge is 2.09. The van der Waals surface area contributed by atoms with E-state index in [2.05, 4.69) is 0 Å². The van der Waals surface area contributed by atoms with E-state index < -0.39 is 0 Å². The van der Waals surface area contributed by atoms with E-state index in [1.165, 1.54) is 0 Å². The first kappa shape index (κ1) is 13.3. The normalized spacial score (nSPS) is 10.2. The van der Waals surface area contributed by atoms with Gasteiger partial charge < -0.3 is 4.74 Å². The lowest BCUT2D eigenvalue weighted by Gasteiger charge is -2.07. The van der Waals surface area contributed by atoms with Crippen molar-refractivity contribution in [3.63, 3.8) is 0 Å². The van der Waals surface area contributed by atoms with Crippen molar-refractivity contribution in [1.29, 1.82) is 0 Å². The highest BCUT2D eigenvalue weighted by atomic mass is 16.5. The third-order valence-corrected chi connectivity index (χ3v) is 3.08. The second kappa shape index (κ2) is 6.19. The number of ether oxygens (including phenoxy) is 1. The van der Waals surface area contributed by atoms with Gasteiger partial charge in [0.15, 0.2) is 5.78 Å². The van der Waals surface area contributed by atoms with Gasteiger partial charge in [-0.2, -0.15) is 0 Å². The Morgan fingerprint density at radius 3 is 2.63 bits per heavy atom. The molecule has 2 rings (SSSR count). The Kier molecular flexibility index (Phi) is 4.35. The minimum absolute atomic E-state index is 0.121. The predicted molar refractivity (Wildman–Crippen MR) is 76.8 cm³/mol. The maximum absolute atomic E-state index is 12.3. The molecule has 0 aliphatic carbocycles. The molecule has 0 aliphatic heterocycles. The van der Waals surface area contributed by atoms with Crippen molar-refractivity contribution in [2.75, 3.05) is 6.61 Å². The van der Waals surface area contributed by atoms with E-state index in [0.717, 1.165) is 16.9 Å². The molecule has 0 unspecified atom stereocenters. The van der Waals surface area contributed by atoms with Gasteiger partial charge >= 0.3 is 0 Å². The molecule has 0 fully saturated rings. The number of benzene rings is 2. The van der Waals surface area contributed by atoms with E-state index in [1.54, 1.807) is 0 Å². The Morgan fingerprint density at radius 1 is 1.11 bits per heavy atom. The molecule has 2 aromatic rings. The molecule has 0 aliphatic rings. The zero-order chi connectivity index (χ0) is 13.7. The summed E-state index contributed by atoms with van der Waals surface area (Å²) in [6.07, 6.45) is 0.433. The molecule has 2 nitrogen and oxygen atoms in total.